The second kappa shape index (κ2) is 7.89. The number of nitrogens with zero attached hydrogens (tertiary/aromatic N) is 4. The van der Waals surface area contributed by atoms with E-state index < -0.39 is 23.4 Å². The molecule has 1 aromatic heterocycles. The number of ether oxygens (including phenoxy) is 1. The van der Waals surface area contributed by atoms with Crippen molar-refractivity contribution in [2.45, 2.75) is 31.0 Å². The van der Waals surface area contributed by atoms with Crippen LogP contribution < -0.4 is 15.5 Å². The minimum Gasteiger partial charge on any atom is -0.497 e. The van der Waals surface area contributed by atoms with Gasteiger partial charge in [-0.15, -0.1) is 10.2 Å². The molecule has 1 aromatic carbocycles. The van der Waals surface area contributed by atoms with E-state index in [1.807, 2.05) is 24.3 Å². The van der Waals surface area contributed by atoms with E-state index in [0.29, 0.717) is 17.3 Å². The third kappa shape index (κ3) is 3.79. The smallest absolute Gasteiger partial charge is 0.344 e. The molecule has 4 amide bonds. The molecule has 3 rings (SSSR count). The number of urea groups is 1. The summed E-state index contributed by atoms with van der Waals surface area (Å²) in [6.45, 7) is 3.40. The lowest BCUT2D eigenvalue weighted by molar-refractivity contribution is -0.137. The van der Waals surface area contributed by atoms with Crippen LogP contribution in [0.3, 0.4) is 0 Å². The Hall–Kier alpha value is -3.08. The van der Waals surface area contributed by atoms with Crippen LogP contribution in [0.15, 0.2) is 35.7 Å². The van der Waals surface area contributed by atoms with Gasteiger partial charge in [-0.25, -0.2) is 4.79 Å². The summed E-state index contributed by atoms with van der Waals surface area (Å²) in [5, 5.41) is 11.7. The van der Waals surface area contributed by atoms with E-state index in [1.54, 1.807) is 25.5 Å². The number of thioether (sulfide) groups is 1. The number of nitrogens with one attached hydrogen (secondary N) is 2. The molecule has 11 heteroatoms. The Balaban J connectivity index is 1.64. The van der Waals surface area contributed by atoms with E-state index in [2.05, 4.69) is 20.9 Å². The Morgan fingerprint density at radius 1 is 1.39 bits per heavy atom. The lowest BCUT2D eigenvalue weighted by Crippen LogP contribution is -2.49. The van der Waals surface area contributed by atoms with Gasteiger partial charge in [0.05, 0.1) is 18.6 Å². The molecule has 0 radical (unpaired) electrons. The van der Waals surface area contributed by atoms with Crippen molar-refractivity contribution in [2.24, 2.45) is 0 Å². The number of rotatable bonds is 7. The molecule has 0 aliphatic carbocycles. The molecule has 10 nitrogen and oxygen atoms in total. The fraction of sp³-hybridized carbons (Fsp3) is 0.353. The number of hydrogen-bond donors (Lipinski definition) is 2. The standard InChI is InChI=1S/C17H20N6O4S/c1-4-17(2)14(25)23(15(26)19-17)21-13(24)9-28-16-20-18-10-22(16)11-6-5-7-12(8-11)27-3/h5-8,10H,4,9H2,1-3H3,(H,19,26)(H,21,24). The molecular formula is C17H20N6O4S. The van der Waals surface area contributed by atoms with E-state index in [1.165, 1.54) is 6.33 Å². The monoisotopic (exact) mass is 404 g/mol. The van der Waals surface area contributed by atoms with E-state index in [0.717, 1.165) is 22.5 Å². The van der Waals surface area contributed by atoms with Crippen molar-refractivity contribution in [3.63, 3.8) is 0 Å². The first-order chi connectivity index (χ1) is 13.4. The highest BCUT2D eigenvalue weighted by atomic mass is 32.2. The zero-order valence-electron chi connectivity index (χ0n) is 15.6. The first-order valence-electron chi connectivity index (χ1n) is 8.51. The highest BCUT2D eigenvalue weighted by molar-refractivity contribution is 7.99. The first kappa shape index (κ1) is 19.7. The Bertz CT molecular complexity index is 917. The average Bonchev–Trinajstić information content (AvgIpc) is 3.25. The predicted molar refractivity (Wildman–Crippen MR) is 101 cm³/mol. The second-order valence-electron chi connectivity index (χ2n) is 6.27. The van der Waals surface area contributed by atoms with Crippen LogP contribution in [0.4, 0.5) is 4.79 Å². The van der Waals surface area contributed by atoms with Gasteiger partial charge in [-0.05, 0) is 25.5 Å². The Kier molecular flexibility index (Phi) is 5.54. The number of benzene rings is 1. The van der Waals surface area contributed by atoms with Crippen molar-refractivity contribution in [2.75, 3.05) is 12.9 Å². The van der Waals surface area contributed by atoms with Crippen LogP contribution in [0.2, 0.25) is 0 Å². The van der Waals surface area contributed by atoms with Gasteiger partial charge in [-0.2, -0.15) is 5.01 Å². The Morgan fingerprint density at radius 2 is 2.18 bits per heavy atom. The van der Waals surface area contributed by atoms with E-state index in [-0.39, 0.29) is 5.75 Å². The fourth-order valence-corrected chi connectivity index (χ4v) is 3.29. The quantitative estimate of drug-likeness (QED) is 0.524. The summed E-state index contributed by atoms with van der Waals surface area (Å²) in [6.07, 6.45) is 1.95. The average molecular weight is 404 g/mol. The molecule has 2 N–H and O–H groups in total. The van der Waals surface area contributed by atoms with E-state index in [4.69, 9.17) is 4.74 Å². The molecule has 2 aromatic rings. The molecule has 1 saturated heterocycles. The number of hydrogen-bond acceptors (Lipinski definition) is 7. The minimum absolute atomic E-state index is 0.0530. The van der Waals surface area contributed by atoms with Crippen molar-refractivity contribution in [1.29, 1.82) is 0 Å². The third-order valence-corrected chi connectivity index (χ3v) is 5.33. The highest BCUT2D eigenvalue weighted by Crippen LogP contribution is 2.23. The van der Waals surface area contributed by atoms with Gasteiger partial charge in [0.2, 0.25) is 5.91 Å². The Morgan fingerprint density at radius 3 is 2.86 bits per heavy atom. The summed E-state index contributed by atoms with van der Waals surface area (Å²) in [5.41, 5.74) is 2.11. The number of imide groups is 1. The van der Waals surface area contributed by atoms with Gasteiger partial charge in [0.15, 0.2) is 5.16 Å². The van der Waals surface area contributed by atoms with Gasteiger partial charge in [0.25, 0.3) is 5.91 Å². The van der Waals surface area contributed by atoms with Crippen molar-refractivity contribution >= 4 is 29.6 Å². The maximum atomic E-state index is 12.3. The van der Waals surface area contributed by atoms with Crippen molar-refractivity contribution in [3.8, 4) is 11.4 Å². The maximum Gasteiger partial charge on any atom is 0.344 e. The van der Waals surface area contributed by atoms with Crippen LogP contribution in [0, 0.1) is 0 Å². The predicted octanol–water partition coefficient (Wildman–Crippen LogP) is 1.12. The lowest BCUT2D eigenvalue weighted by atomic mass is 10.00. The number of amides is 4. The SMILES string of the molecule is CCC1(C)NC(=O)N(NC(=O)CSc2nncn2-c2cccc(OC)c2)C1=O. The van der Waals surface area contributed by atoms with Gasteiger partial charge in [-0.1, -0.05) is 24.8 Å². The molecule has 1 unspecified atom stereocenters. The van der Waals surface area contributed by atoms with Crippen LogP contribution in [0.5, 0.6) is 5.75 Å². The van der Waals surface area contributed by atoms with Crippen LogP contribution >= 0.6 is 11.8 Å². The molecule has 148 valence electrons. The summed E-state index contributed by atoms with van der Waals surface area (Å²) >= 11 is 1.13. The van der Waals surface area contributed by atoms with Gasteiger partial charge in [0, 0.05) is 6.07 Å². The van der Waals surface area contributed by atoms with Crippen LogP contribution in [-0.4, -0.2) is 56.0 Å². The van der Waals surface area contributed by atoms with Crippen LogP contribution in [0.1, 0.15) is 20.3 Å². The molecule has 0 saturated carbocycles. The molecule has 1 fully saturated rings. The van der Waals surface area contributed by atoms with Crippen LogP contribution in [-0.2, 0) is 9.59 Å². The summed E-state index contributed by atoms with van der Waals surface area (Å²) in [7, 11) is 1.57. The zero-order valence-corrected chi connectivity index (χ0v) is 16.4. The van der Waals surface area contributed by atoms with Crippen molar-refractivity contribution in [3.05, 3.63) is 30.6 Å². The molecule has 0 spiro atoms. The normalized spacial score (nSPS) is 18.9. The number of aromatic nitrogens is 3. The van der Waals surface area contributed by atoms with Crippen molar-refractivity contribution in [1.82, 2.24) is 30.5 Å². The first-order valence-corrected chi connectivity index (χ1v) is 9.50. The summed E-state index contributed by atoms with van der Waals surface area (Å²) < 4.78 is 6.92. The molecule has 1 atom stereocenters. The third-order valence-electron chi connectivity index (χ3n) is 4.38. The molecule has 28 heavy (non-hydrogen) atoms. The second-order valence-corrected chi connectivity index (χ2v) is 7.21. The van der Waals surface area contributed by atoms with E-state index in [9.17, 15) is 14.4 Å². The van der Waals surface area contributed by atoms with Gasteiger partial charge >= 0.3 is 6.03 Å². The van der Waals surface area contributed by atoms with Gasteiger partial charge < -0.3 is 10.1 Å². The molecule has 1 aliphatic heterocycles. The summed E-state index contributed by atoms with van der Waals surface area (Å²) in [5.74, 6) is -0.368. The number of hydrazine groups is 1. The fourth-order valence-electron chi connectivity index (χ4n) is 2.57. The van der Waals surface area contributed by atoms with Crippen molar-refractivity contribution < 1.29 is 19.1 Å². The van der Waals surface area contributed by atoms with Gasteiger partial charge in [-0.3, -0.25) is 19.6 Å². The summed E-state index contributed by atoms with van der Waals surface area (Å²) in [6, 6.07) is 6.67. The highest BCUT2D eigenvalue weighted by Gasteiger charge is 2.47. The van der Waals surface area contributed by atoms with E-state index >= 15 is 0 Å². The molecule has 0 bridgehead atoms. The topological polar surface area (TPSA) is 118 Å². The zero-order chi connectivity index (χ0) is 20.3. The lowest BCUT2D eigenvalue weighted by Gasteiger charge is -2.19. The molecular weight excluding hydrogens is 384 g/mol. The number of methoxy groups -OCH3 is 1. The van der Waals surface area contributed by atoms with Gasteiger partial charge in [0.1, 0.15) is 17.6 Å². The number of carbonyl (C=O) groups is 3. The largest absolute Gasteiger partial charge is 0.497 e. The minimum atomic E-state index is -1.01. The van der Waals surface area contributed by atoms with Crippen LogP contribution in [0.25, 0.3) is 5.69 Å². The Labute approximate surface area is 165 Å². The maximum absolute atomic E-state index is 12.3. The summed E-state index contributed by atoms with van der Waals surface area (Å²) in [4.78, 5) is 36.5. The molecule has 2 heterocycles. The number of carbonyl (C=O) groups excluding carboxylic acids is 3. The molecule has 1 aliphatic rings.